The number of nitrogens with zero attached hydrogens (tertiary/aromatic N) is 4. The average Bonchev–Trinajstić information content (AvgIpc) is 2.80. The monoisotopic (exact) mass is 413 g/mol. The van der Waals surface area contributed by atoms with E-state index in [4.69, 9.17) is 9.47 Å². The quantitative estimate of drug-likeness (QED) is 0.716. The highest BCUT2D eigenvalue weighted by Gasteiger charge is 2.46. The van der Waals surface area contributed by atoms with Gasteiger partial charge < -0.3 is 9.47 Å². The molecule has 26 heavy (non-hydrogen) atoms. The van der Waals surface area contributed by atoms with Crippen LogP contribution in [0.3, 0.4) is 0 Å². The fraction of sp³-hybridized carbons (Fsp3) is 0.417. The van der Waals surface area contributed by atoms with E-state index in [-0.39, 0.29) is 33.3 Å². The van der Waals surface area contributed by atoms with E-state index in [2.05, 4.69) is 15.1 Å². The lowest BCUT2D eigenvalue weighted by Crippen LogP contribution is -2.30. The van der Waals surface area contributed by atoms with E-state index in [0.717, 1.165) is 11.8 Å². The Balaban J connectivity index is 2.45. The predicted octanol–water partition coefficient (Wildman–Crippen LogP) is 1.95. The minimum atomic E-state index is -5.61. The van der Waals surface area contributed by atoms with Gasteiger partial charge >= 0.3 is 15.5 Å². The number of sulfonamides is 1. The van der Waals surface area contributed by atoms with Crippen LogP contribution in [-0.4, -0.2) is 47.9 Å². The van der Waals surface area contributed by atoms with E-state index >= 15 is 0 Å². The van der Waals surface area contributed by atoms with Crippen LogP contribution < -0.4 is 14.2 Å². The number of alkyl halides is 3. The van der Waals surface area contributed by atoms with Crippen molar-refractivity contribution in [3.63, 3.8) is 0 Å². The number of aryl methyl sites for hydroxylation is 1. The third-order valence-electron chi connectivity index (χ3n) is 3.11. The highest BCUT2D eigenvalue weighted by molar-refractivity contribution is 7.99. The van der Waals surface area contributed by atoms with Gasteiger partial charge in [-0.2, -0.15) is 36.7 Å². The van der Waals surface area contributed by atoms with Gasteiger partial charge in [0, 0.05) is 7.05 Å². The van der Waals surface area contributed by atoms with Crippen LogP contribution in [-0.2, 0) is 17.1 Å². The molecule has 2 rings (SSSR count). The number of methoxy groups -OCH3 is 2. The second-order valence-corrected chi connectivity index (χ2v) is 7.41. The zero-order valence-electron chi connectivity index (χ0n) is 13.9. The Morgan fingerprint density at radius 1 is 1.19 bits per heavy atom. The molecule has 0 amide bonds. The van der Waals surface area contributed by atoms with Crippen molar-refractivity contribution >= 4 is 27.5 Å². The topological polar surface area (TPSA) is 108 Å². The number of rotatable bonds is 6. The summed E-state index contributed by atoms with van der Waals surface area (Å²) in [5.41, 5.74) is -5.61. The van der Waals surface area contributed by atoms with Gasteiger partial charge in [-0.05, 0) is 18.7 Å². The van der Waals surface area contributed by atoms with Crippen molar-refractivity contribution < 1.29 is 31.1 Å². The number of hydrogen-bond acceptors (Lipinski definition) is 8. The smallest absolute Gasteiger partial charge is 0.481 e. The van der Waals surface area contributed by atoms with Crippen molar-refractivity contribution in [3.8, 4) is 11.8 Å². The van der Waals surface area contributed by atoms with Crippen molar-refractivity contribution in [2.24, 2.45) is 7.05 Å². The largest absolute Gasteiger partial charge is 0.516 e. The Labute approximate surface area is 151 Å². The van der Waals surface area contributed by atoms with E-state index in [1.807, 2.05) is 0 Å². The Bertz CT molecular complexity index is 892. The van der Waals surface area contributed by atoms with E-state index in [1.165, 1.54) is 43.7 Å². The summed E-state index contributed by atoms with van der Waals surface area (Å²) >= 11 is 0.751. The maximum absolute atomic E-state index is 12.7. The number of aromatic nitrogens is 4. The van der Waals surface area contributed by atoms with Crippen LogP contribution >= 0.6 is 11.8 Å². The van der Waals surface area contributed by atoms with Crippen LogP contribution in [0.4, 0.5) is 18.9 Å². The van der Waals surface area contributed by atoms with Gasteiger partial charge in [0.25, 0.3) is 0 Å². The molecular formula is C12H14F3N5O4S2. The van der Waals surface area contributed by atoms with Gasteiger partial charge in [-0.1, -0.05) is 0 Å². The number of anilines is 1. The van der Waals surface area contributed by atoms with Crippen molar-refractivity contribution in [3.05, 3.63) is 11.8 Å². The molecule has 0 saturated heterocycles. The molecule has 9 nitrogen and oxygen atoms in total. The van der Waals surface area contributed by atoms with Crippen molar-refractivity contribution in [1.82, 2.24) is 19.7 Å². The molecule has 0 unspecified atom stereocenters. The normalized spacial score (nSPS) is 12.1. The molecule has 2 aromatic heterocycles. The molecule has 0 aliphatic carbocycles. The molecule has 0 aliphatic heterocycles. The lowest BCUT2D eigenvalue weighted by molar-refractivity contribution is -0.0429. The summed E-state index contributed by atoms with van der Waals surface area (Å²) in [6.45, 7) is 1.41. The molecule has 0 aliphatic rings. The van der Waals surface area contributed by atoms with Gasteiger partial charge in [0.1, 0.15) is 5.69 Å². The Morgan fingerprint density at radius 3 is 2.19 bits per heavy atom. The summed E-state index contributed by atoms with van der Waals surface area (Å²) in [5.74, 6) is 0.314. The average molecular weight is 413 g/mol. The second-order valence-electron chi connectivity index (χ2n) is 4.78. The third kappa shape index (κ3) is 4.12. The van der Waals surface area contributed by atoms with Gasteiger partial charge in [-0.25, -0.2) is 0 Å². The molecule has 2 aromatic rings. The molecule has 14 heteroatoms. The molecule has 0 spiro atoms. The fourth-order valence-corrected chi connectivity index (χ4v) is 3.29. The molecule has 0 saturated carbocycles. The SMILES string of the molecule is COc1cc(OC)nc(Sc2nn(C)c(C)c2NS(=O)(=O)C(F)(F)F)n1. The molecule has 0 aromatic carbocycles. The van der Waals surface area contributed by atoms with E-state index in [1.54, 1.807) is 0 Å². The highest BCUT2D eigenvalue weighted by atomic mass is 32.2. The first kappa shape index (κ1) is 20.1. The molecule has 2 heterocycles. The van der Waals surface area contributed by atoms with Crippen molar-refractivity contribution in [2.75, 3.05) is 18.9 Å². The fourth-order valence-electron chi connectivity index (χ4n) is 1.68. The zero-order valence-corrected chi connectivity index (χ0v) is 15.6. The summed E-state index contributed by atoms with van der Waals surface area (Å²) in [6.07, 6.45) is 0. The molecule has 144 valence electrons. The second kappa shape index (κ2) is 7.19. The lowest BCUT2D eigenvalue weighted by atomic mass is 10.4. The first-order chi connectivity index (χ1) is 12.0. The van der Waals surface area contributed by atoms with Gasteiger partial charge in [0.2, 0.25) is 16.9 Å². The third-order valence-corrected chi connectivity index (χ3v) is 5.03. The molecule has 0 atom stereocenters. The predicted molar refractivity (Wildman–Crippen MR) is 85.8 cm³/mol. The summed E-state index contributed by atoms with van der Waals surface area (Å²) in [5, 5.41) is 3.99. The zero-order chi connectivity index (χ0) is 19.7. The highest BCUT2D eigenvalue weighted by Crippen LogP contribution is 2.36. The van der Waals surface area contributed by atoms with Crippen LogP contribution in [0.2, 0.25) is 0 Å². The van der Waals surface area contributed by atoms with Crippen LogP contribution in [0.25, 0.3) is 0 Å². The van der Waals surface area contributed by atoms with E-state index in [0.29, 0.717) is 0 Å². The first-order valence-corrected chi connectivity index (χ1v) is 9.06. The van der Waals surface area contributed by atoms with Gasteiger partial charge in [0.05, 0.1) is 26.0 Å². The standard InChI is InChI=1S/C12H14F3N5O4S2/c1-6-9(19-26(21,22)12(13,14)15)10(18-20(6)2)25-11-16-7(23-3)5-8(17-11)24-4/h5,19H,1-4H3. The Kier molecular flexibility index (Phi) is 5.55. The molecule has 0 fully saturated rings. The summed E-state index contributed by atoms with van der Waals surface area (Å²) in [6, 6.07) is 1.40. The Hall–Kier alpha value is -2.22. The lowest BCUT2D eigenvalue weighted by Gasteiger charge is -2.11. The number of nitrogens with one attached hydrogen (secondary N) is 1. The molecule has 1 N–H and O–H groups in total. The summed E-state index contributed by atoms with van der Waals surface area (Å²) < 4.78 is 73.6. The Morgan fingerprint density at radius 2 is 1.73 bits per heavy atom. The molecule has 0 bridgehead atoms. The summed E-state index contributed by atoms with van der Waals surface area (Å²) in [7, 11) is -1.42. The van der Waals surface area contributed by atoms with Crippen molar-refractivity contribution in [1.29, 1.82) is 0 Å². The number of ether oxygens (including phenoxy) is 2. The maximum Gasteiger partial charge on any atom is 0.516 e. The minimum absolute atomic E-state index is 0.0479. The van der Waals surface area contributed by atoms with Gasteiger partial charge in [-0.3, -0.25) is 9.40 Å². The minimum Gasteiger partial charge on any atom is -0.481 e. The molecule has 0 radical (unpaired) electrons. The van der Waals surface area contributed by atoms with Crippen LogP contribution in [0.1, 0.15) is 5.69 Å². The van der Waals surface area contributed by atoms with Crippen LogP contribution in [0, 0.1) is 6.92 Å². The van der Waals surface area contributed by atoms with Crippen LogP contribution in [0.15, 0.2) is 16.2 Å². The number of hydrogen-bond donors (Lipinski definition) is 1. The molecular weight excluding hydrogens is 399 g/mol. The number of halogens is 3. The maximum atomic E-state index is 12.7. The first-order valence-electron chi connectivity index (χ1n) is 6.76. The van der Waals surface area contributed by atoms with E-state index in [9.17, 15) is 21.6 Å². The summed E-state index contributed by atoms with van der Waals surface area (Å²) in [4.78, 5) is 8.04. The van der Waals surface area contributed by atoms with Gasteiger partial charge in [0.15, 0.2) is 5.03 Å². The van der Waals surface area contributed by atoms with E-state index < -0.39 is 15.5 Å². The van der Waals surface area contributed by atoms with Gasteiger partial charge in [-0.15, -0.1) is 0 Å². The van der Waals surface area contributed by atoms with Crippen molar-refractivity contribution in [2.45, 2.75) is 22.6 Å². The van der Waals surface area contributed by atoms with Crippen LogP contribution in [0.5, 0.6) is 11.8 Å².